The van der Waals surface area contributed by atoms with Crippen LogP contribution in [0.3, 0.4) is 0 Å². The van der Waals surface area contributed by atoms with E-state index in [0.29, 0.717) is 20.3 Å². The molecule has 0 amide bonds. The largest absolute Gasteiger partial charge is 0.481 e. The number of rotatable bonds is 4. The molecule has 0 bridgehead atoms. The van der Waals surface area contributed by atoms with E-state index in [1.165, 1.54) is 6.07 Å². The molecule has 0 radical (unpaired) electrons. The van der Waals surface area contributed by atoms with Gasteiger partial charge >= 0.3 is 5.97 Å². The van der Waals surface area contributed by atoms with Gasteiger partial charge in [0.1, 0.15) is 0 Å². The molecule has 2 rings (SSSR count). The number of carbonyl (C=O) groups is 2. The minimum absolute atomic E-state index is 0.236. The molecule has 20 heavy (non-hydrogen) atoms. The van der Waals surface area contributed by atoms with Gasteiger partial charge in [0.25, 0.3) is 0 Å². The molecule has 0 aliphatic carbocycles. The summed E-state index contributed by atoms with van der Waals surface area (Å²) in [6.07, 6.45) is 0. The van der Waals surface area contributed by atoms with Crippen LogP contribution in [0.25, 0.3) is 0 Å². The van der Waals surface area contributed by atoms with Crippen LogP contribution in [-0.4, -0.2) is 16.9 Å². The van der Waals surface area contributed by atoms with Crippen LogP contribution in [0.15, 0.2) is 30.3 Å². The number of halogens is 2. The monoisotopic (exact) mass is 328 g/mol. The van der Waals surface area contributed by atoms with Gasteiger partial charge in [-0.25, -0.2) is 0 Å². The second-order valence-electron chi connectivity index (χ2n) is 4.22. The van der Waals surface area contributed by atoms with Crippen molar-refractivity contribution in [2.24, 2.45) is 0 Å². The summed E-state index contributed by atoms with van der Waals surface area (Å²) < 4.78 is 0. The van der Waals surface area contributed by atoms with Crippen molar-refractivity contribution in [1.82, 2.24) is 0 Å². The van der Waals surface area contributed by atoms with Crippen molar-refractivity contribution in [3.63, 3.8) is 0 Å². The average molecular weight is 329 g/mol. The van der Waals surface area contributed by atoms with E-state index >= 15 is 0 Å². The van der Waals surface area contributed by atoms with Crippen LogP contribution in [0.2, 0.25) is 10.0 Å². The van der Waals surface area contributed by atoms with Gasteiger partial charge in [-0.3, -0.25) is 9.59 Å². The highest BCUT2D eigenvalue weighted by molar-refractivity contribution is 7.14. The van der Waals surface area contributed by atoms with Gasteiger partial charge in [0.15, 0.2) is 0 Å². The minimum atomic E-state index is -0.921. The van der Waals surface area contributed by atoms with Gasteiger partial charge in [-0.1, -0.05) is 23.2 Å². The van der Waals surface area contributed by atoms with E-state index in [4.69, 9.17) is 28.3 Å². The Hall–Kier alpha value is -1.36. The molecule has 1 aromatic heterocycles. The Morgan fingerprint density at radius 1 is 1.20 bits per heavy atom. The minimum Gasteiger partial charge on any atom is -0.481 e. The van der Waals surface area contributed by atoms with Gasteiger partial charge in [-0.2, -0.15) is 0 Å². The molecular weight excluding hydrogens is 319 g/mol. The first kappa shape index (κ1) is 15.0. The highest BCUT2D eigenvalue weighted by Gasteiger charge is 2.20. The smallest absolute Gasteiger partial charge is 0.311 e. The van der Waals surface area contributed by atoms with E-state index in [2.05, 4.69) is 0 Å². The molecular formula is C14H10Cl2O3S. The van der Waals surface area contributed by atoms with Crippen molar-refractivity contribution in [3.8, 4) is 0 Å². The Bertz CT molecular complexity index is 679. The van der Waals surface area contributed by atoms with Gasteiger partial charge in [0.05, 0.1) is 15.8 Å². The Morgan fingerprint density at radius 2 is 1.90 bits per heavy atom. The number of hydrogen-bond acceptors (Lipinski definition) is 3. The number of hydrogen-bond donors (Lipinski definition) is 1. The number of benzene rings is 1. The second-order valence-corrected chi connectivity index (χ2v) is 6.17. The molecule has 0 fully saturated rings. The Labute approximate surface area is 129 Å². The molecule has 0 saturated carbocycles. The third-order valence-electron chi connectivity index (χ3n) is 2.82. The summed E-state index contributed by atoms with van der Waals surface area (Å²) in [6, 6.07) is 7.93. The zero-order chi connectivity index (χ0) is 14.9. The predicted octanol–water partition coefficient (Wildman–Crippen LogP) is 4.47. The molecule has 1 N–H and O–H groups in total. The summed E-state index contributed by atoms with van der Waals surface area (Å²) in [4.78, 5) is 24.3. The first-order valence-corrected chi connectivity index (χ1v) is 7.29. The topological polar surface area (TPSA) is 54.4 Å². The molecule has 1 heterocycles. The standard InChI is InChI=1S/C14H10Cl2O3S/c1-7(14(18)19)11-4-5-12(20-11)13(17)9-3-2-8(15)6-10(9)16/h2-7H,1H3,(H,18,19). The number of ketones is 1. The number of aliphatic carboxylic acids is 1. The first-order chi connectivity index (χ1) is 9.40. The van der Waals surface area contributed by atoms with Crippen molar-refractivity contribution in [2.45, 2.75) is 12.8 Å². The van der Waals surface area contributed by atoms with E-state index in [9.17, 15) is 9.59 Å². The molecule has 1 atom stereocenters. The van der Waals surface area contributed by atoms with E-state index in [-0.39, 0.29) is 10.8 Å². The number of carbonyl (C=O) groups excluding carboxylic acids is 1. The van der Waals surface area contributed by atoms with E-state index in [1.807, 2.05) is 0 Å². The maximum atomic E-state index is 12.3. The van der Waals surface area contributed by atoms with Crippen molar-refractivity contribution >= 4 is 46.3 Å². The summed E-state index contributed by atoms with van der Waals surface area (Å²) >= 11 is 13.0. The third kappa shape index (κ3) is 3.03. The average Bonchev–Trinajstić information content (AvgIpc) is 2.86. The fourth-order valence-electron chi connectivity index (χ4n) is 1.64. The summed E-state index contributed by atoms with van der Waals surface area (Å²) in [5, 5.41) is 9.70. The summed E-state index contributed by atoms with van der Waals surface area (Å²) in [6.45, 7) is 1.58. The van der Waals surface area contributed by atoms with Gasteiger partial charge in [-0.15, -0.1) is 11.3 Å². The van der Waals surface area contributed by atoms with Crippen molar-refractivity contribution in [1.29, 1.82) is 0 Å². The number of carboxylic acids is 1. The summed E-state index contributed by atoms with van der Waals surface area (Å²) in [5.74, 6) is -1.79. The summed E-state index contributed by atoms with van der Waals surface area (Å²) in [7, 11) is 0. The third-order valence-corrected chi connectivity index (χ3v) is 4.64. The number of carboxylic acid groups (broad SMARTS) is 1. The van der Waals surface area contributed by atoms with Crippen molar-refractivity contribution in [3.05, 3.63) is 55.7 Å². The molecule has 0 saturated heterocycles. The van der Waals surface area contributed by atoms with Crippen LogP contribution in [0.5, 0.6) is 0 Å². The predicted molar refractivity (Wildman–Crippen MR) is 80.3 cm³/mol. The SMILES string of the molecule is CC(C(=O)O)c1ccc(C(=O)c2ccc(Cl)cc2Cl)s1. The lowest BCUT2D eigenvalue weighted by molar-refractivity contribution is -0.138. The van der Waals surface area contributed by atoms with Crippen molar-refractivity contribution in [2.75, 3.05) is 0 Å². The molecule has 1 unspecified atom stereocenters. The lowest BCUT2D eigenvalue weighted by atomic mass is 10.1. The second kappa shape index (κ2) is 5.95. The van der Waals surface area contributed by atoms with E-state index in [0.717, 1.165) is 11.3 Å². The van der Waals surface area contributed by atoms with Crippen LogP contribution in [-0.2, 0) is 4.79 Å². The maximum Gasteiger partial charge on any atom is 0.311 e. The lowest BCUT2D eigenvalue weighted by Gasteiger charge is -2.03. The molecule has 2 aromatic rings. The van der Waals surface area contributed by atoms with Crippen LogP contribution < -0.4 is 0 Å². The van der Waals surface area contributed by atoms with Gasteiger partial charge in [-0.05, 0) is 37.3 Å². The zero-order valence-electron chi connectivity index (χ0n) is 10.4. The fourth-order valence-corrected chi connectivity index (χ4v) is 3.14. The molecule has 1 aromatic carbocycles. The molecule has 0 aliphatic rings. The molecule has 6 heteroatoms. The highest BCUT2D eigenvalue weighted by Crippen LogP contribution is 2.29. The van der Waals surface area contributed by atoms with Gasteiger partial charge < -0.3 is 5.11 Å². The Morgan fingerprint density at radius 3 is 2.50 bits per heavy atom. The number of thiophene rings is 1. The molecule has 3 nitrogen and oxygen atoms in total. The van der Waals surface area contributed by atoms with E-state index in [1.54, 1.807) is 31.2 Å². The first-order valence-electron chi connectivity index (χ1n) is 5.72. The maximum absolute atomic E-state index is 12.3. The van der Waals surface area contributed by atoms with Crippen molar-refractivity contribution < 1.29 is 14.7 Å². The van der Waals surface area contributed by atoms with Crippen LogP contribution in [0.4, 0.5) is 0 Å². The van der Waals surface area contributed by atoms with Gasteiger partial charge in [0, 0.05) is 15.5 Å². The Kier molecular flexibility index (Phi) is 4.48. The molecule has 0 spiro atoms. The molecule has 0 aliphatic heterocycles. The van der Waals surface area contributed by atoms with Crippen LogP contribution in [0, 0.1) is 0 Å². The zero-order valence-corrected chi connectivity index (χ0v) is 12.7. The summed E-state index contributed by atoms with van der Waals surface area (Å²) in [5.41, 5.74) is 0.354. The normalized spacial score (nSPS) is 12.2. The van der Waals surface area contributed by atoms with Crippen LogP contribution in [0.1, 0.15) is 33.0 Å². The quantitative estimate of drug-likeness (QED) is 0.842. The van der Waals surface area contributed by atoms with Gasteiger partial charge in [0.2, 0.25) is 5.78 Å². The van der Waals surface area contributed by atoms with E-state index < -0.39 is 11.9 Å². The van der Waals surface area contributed by atoms with Crippen LogP contribution >= 0.6 is 34.5 Å². The Balaban J connectivity index is 2.32. The lowest BCUT2D eigenvalue weighted by Crippen LogP contribution is -2.05. The molecule has 104 valence electrons. The fraction of sp³-hybridized carbons (Fsp3) is 0.143. The highest BCUT2D eigenvalue weighted by atomic mass is 35.5.